The van der Waals surface area contributed by atoms with Crippen molar-refractivity contribution >= 4 is 12.0 Å². The van der Waals surface area contributed by atoms with Gasteiger partial charge < -0.3 is 5.32 Å². The van der Waals surface area contributed by atoms with E-state index in [0.29, 0.717) is 5.95 Å². The second-order valence-electron chi connectivity index (χ2n) is 4.36. The van der Waals surface area contributed by atoms with Crippen molar-refractivity contribution in [2.24, 2.45) is 0 Å². The molecule has 1 aliphatic carbocycles. The predicted molar refractivity (Wildman–Crippen MR) is 65.9 cm³/mol. The Bertz CT molecular complexity index is 533. The topological polar surface area (TPSA) is 82.7 Å². The summed E-state index contributed by atoms with van der Waals surface area (Å²) in [4.78, 5) is 15.7. The number of hydrogen-bond acceptors (Lipinski definition) is 3. The van der Waals surface area contributed by atoms with Gasteiger partial charge in [0.15, 0.2) is 0 Å². The van der Waals surface area contributed by atoms with Crippen molar-refractivity contribution in [3.63, 3.8) is 0 Å². The molecule has 1 aromatic carbocycles. The zero-order valence-corrected chi connectivity index (χ0v) is 9.68. The van der Waals surface area contributed by atoms with Crippen LogP contribution in [-0.2, 0) is 5.54 Å². The minimum Gasteiger partial charge on any atom is -0.328 e. The number of nitrogens with one attached hydrogen (secondary N) is 3. The zero-order valence-electron chi connectivity index (χ0n) is 9.68. The molecule has 0 unspecified atom stereocenters. The molecule has 1 saturated carbocycles. The maximum Gasteiger partial charge on any atom is 0.322 e. The van der Waals surface area contributed by atoms with Gasteiger partial charge in [0.1, 0.15) is 6.33 Å². The predicted octanol–water partition coefficient (Wildman–Crippen LogP) is 1.62. The first-order valence-corrected chi connectivity index (χ1v) is 5.79. The fraction of sp³-hybridized carbons (Fsp3) is 0.250. The van der Waals surface area contributed by atoms with E-state index in [1.54, 1.807) is 0 Å². The van der Waals surface area contributed by atoms with Crippen molar-refractivity contribution in [1.29, 1.82) is 0 Å². The van der Waals surface area contributed by atoms with Crippen LogP contribution in [-0.4, -0.2) is 21.2 Å². The third-order valence-electron chi connectivity index (χ3n) is 3.08. The Hall–Kier alpha value is -2.37. The zero-order chi connectivity index (χ0) is 12.4. The summed E-state index contributed by atoms with van der Waals surface area (Å²) in [5.41, 5.74) is 0.920. The Morgan fingerprint density at radius 2 is 2.06 bits per heavy atom. The van der Waals surface area contributed by atoms with Crippen molar-refractivity contribution in [2.45, 2.75) is 18.4 Å². The van der Waals surface area contributed by atoms with Crippen LogP contribution in [0.15, 0.2) is 36.7 Å². The van der Waals surface area contributed by atoms with Gasteiger partial charge in [-0.05, 0) is 18.4 Å². The van der Waals surface area contributed by atoms with Gasteiger partial charge in [-0.15, -0.1) is 0 Å². The quantitative estimate of drug-likeness (QED) is 0.766. The molecule has 3 N–H and O–H groups in total. The van der Waals surface area contributed by atoms with Gasteiger partial charge in [0, 0.05) is 0 Å². The maximum atomic E-state index is 11.8. The molecule has 0 spiro atoms. The number of hydrogen-bond donors (Lipinski definition) is 3. The van der Waals surface area contributed by atoms with Crippen LogP contribution in [0.3, 0.4) is 0 Å². The molecule has 2 amide bonds. The van der Waals surface area contributed by atoms with Crippen LogP contribution in [0, 0.1) is 0 Å². The van der Waals surface area contributed by atoms with Gasteiger partial charge in [-0.3, -0.25) is 5.32 Å². The number of nitrogens with zero attached hydrogens (tertiary/aromatic N) is 2. The van der Waals surface area contributed by atoms with Gasteiger partial charge in [0.25, 0.3) is 0 Å². The smallest absolute Gasteiger partial charge is 0.322 e. The number of carbonyl (C=O) groups excluding carboxylic acids is 1. The number of urea groups is 1. The molecule has 92 valence electrons. The molecule has 0 atom stereocenters. The summed E-state index contributed by atoms with van der Waals surface area (Å²) in [5, 5.41) is 11.8. The maximum absolute atomic E-state index is 11.8. The number of rotatable bonds is 3. The fourth-order valence-electron chi connectivity index (χ4n) is 1.99. The van der Waals surface area contributed by atoms with Gasteiger partial charge in [-0.2, -0.15) is 10.1 Å². The summed E-state index contributed by atoms with van der Waals surface area (Å²) < 4.78 is 0. The lowest BCUT2D eigenvalue weighted by Crippen LogP contribution is -2.38. The van der Waals surface area contributed by atoms with E-state index in [0.717, 1.165) is 18.4 Å². The van der Waals surface area contributed by atoms with Crippen LogP contribution in [0.2, 0.25) is 0 Å². The highest BCUT2D eigenvalue weighted by atomic mass is 16.2. The average Bonchev–Trinajstić information content (AvgIpc) is 2.98. The van der Waals surface area contributed by atoms with Crippen LogP contribution < -0.4 is 10.6 Å². The Labute approximate surface area is 104 Å². The van der Waals surface area contributed by atoms with E-state index in [1.807, 2.05) is 30.3 Å². The van der Waals surface area contributed by atoms with Crippen LogP contribution in [0.1, 0.15) is 18.4 Å². The Kier molecular flexibility index (Phi) is 2.47. The number of benzene rings is 1. The highest BCUT2D eigenvalue weighted by Crippen LogP contribution is 2.45. The molecule has 3 rings (SSSR count). The fourth-order valence-corrected chi connectivity index (χ4v) is 1.99. The lowest BCUT2D eigenvalue weighted by molar-refractivity contribution is 0.247. The Morgan fingerprint density at radius 1 is 1.28 bits per heavy atom. The van der Waals surface area contributed by atoms with Gasteiger partial charge in [-0.1, -0.05) is 30.3 Å². The molecule has 0 aliphatic heterocycles. The third kappa shape index (κ3) is 2.04. The number of H-pyrrole nitrogens is 1. The first-order valence-electron chi connectivity index (χ1n) is 5.79. The van der Waals surface area contributed by atoms with Gasteiger partial charge in [0.05, 0.1) is 5.54 Å². The van der Waals surface area contributed by atoms with E-state index in [1.165, 1.54) is 6.33 Å². The van der Waals surface area contributed by atoms with E-state index in [4.69, 9.17) is 0 Å². The van der Waals surface area contributed by atoms with Crippen LogP contribution in [0.4, 0.5) is 10.7 Å². The minimum atomic E-state index is -0.270. The van der Waals surface area contributed by atoms with Crippen LogP contribution in [0.25, 0.3) is 0 Å². The summed E-state index contributed by atoms with van der Waals surface area (Å²) in [5.74, 6) is 0.344. The highest BCUT2D eigenvalue weighted by molar-refractivity contribution is 5.88. The highest BCUT2D eigenvalue weighted by Gasteiger charge is 2.45. The third-order valence-corrected chi connectivity index (χ3v) is 3.08. The molecule has 1 aromatic heterocycles. The monoisotopic (exact) mass is 243 g/mol. The summed E-state index contributed by atoms with van der Waals surface area (Å²) in [6.07, 6.45) is 3.27. The van der Waals surface area contributed by atoms with E-state index in [-0.39, 0.29) is 11.6 Å². The molecular formula is C12H13N5O. The number of aromatic nitrogens is 3. The molecule has 2 aromatic rings. The van der Waals surface area contributed by atoms with E-state index < -0.39 is 0 Å². The van der Waals surface area contributed by atoms with Gasteiger partial charge >= 0.3 is 6.03 Å². The van der Waals surface area contributed by atoms with Gasteiger partial charge in [0.2, 0.25) is 5.95 Å². The number of carbonyl (C=O) groups is 1. The summed E-state index contributed by atoms with van der Waals surface area (Å²) >= 11 is 0. The number of aromatic amines is 1. The molecule has 0 radical (unpaired) electrons. The second kappa shape index (κ2) is 4.14. The first kappa shape index (κ1) is 10.8. The first-order chi connectivity index (χ1) is 8.78. The van der Waals surface area contributed by atoms with Crippen molar-refractivity contribution in [3.05, 3.63) is 42.2 Å². The molecule has 6 heteroatoms. The average molecular weight is 243 g/mol. The lowest BCUT2D eigenvalue weighted by Gasteiger charge is -2.17. The normalized spacial score (nSPS) is 16.0. The minimum absolute atomic E-state index is 0.217. The van der Waals surface area contributed by atoms with Crippen molar-refractivity contribution in [3.8, 4) is 0 Å². The lowest BCUT2D eigenvalue weighted by atomic mass is 10.1. The molecule has 18 heavy (non-hydrogen) atoms. The standard InChI is InChI=1S/C12H13N5O/c18-11(15-10-13-8-14-17-10)16-12(6-7-12)9-4-2-1-3-5-9/h1-5,8H,6-7H2,(H3,13,14,15,16,17,18). The largest absolute Gasteiger partial charge is 0.328 e. The molecule has 1 aliphatic rings. The van der Waals surface area contributed by atoms with E-state index in [9.17, 15) is 4.79 Å². The van der Waals surface area contributed by atoms with Crippen molar-refractivity contribution < 1.29 is 4.79 Å². The Balaban J connectivity index is 1.68. The summed E-state index contributed by atoms with van der Waals surface area (Å²) in [6.45, 7) is 0. The van der Waals surface area contributed by atoms with Crippen molar-refractivity contribution in [2.75, 3.05) is 5.32 Å². The van der Waals surface area contributed by atoms with Crippen LogP contribution >= 0.6 is 0 Å². The molecule has 1 heterocycles. The number of anilines is 1. The molecule has 0 bridgehead atoms. The molecular weight excluding hydrogens is 230 g/mol. The Morgan fingerprint density at radius 3 is 2.67 bits per heavy atom. The van der Waals surface area contributed by atoms with E-state index >= 15 is 0 Å². The van der Waals surface area contributed by atoms with Gasteiger partial charge in [-0.25, -0.2) is 9.89 Å². The van der Waals surface area contributed by atoms with Crippen LogP contribution in [0.5, 0.6) is 0 Å². The SMILES string of the molecule is O=C(Nc1ncn[nH]1)NC1(c2ccccc2)CC1. The molecule has 1 fully saturated rings. The van der Waals surface area contributed by atoms with Crippen molar-refractivity contribution in [1.82, 2.24) is 20.5 Å². The second-order valence-corrected chi connectivity index (χ2v) is 4.36. The molecule has 6 nitrogen and oxygen atoms in total. The number of amides is 2. The summed E-state index contributed by atoms with van der Waals surface area (Å²) in [7, 11) is 0. The molecule has 0 saturated heterocycles. The summed E-state index contributed by atoms with van der Waals surface area (Å²) in [6, 6.07) is 9.71. The van der Waals surface area contributed by atoms with E-state index in [2.05, 4.69) is 25.8 Å².